The molecule has 1 heterocycles. The Labute approximate surface area is 280 Å². The maximum absolute atomic E-state index is 15.0. The molecule has 0 spiro atoms. The number of urea groups is 1. The summed E-state index contributed by atoms with van der Waals surface area (Å²) in [6.45, 7) is 1.49. The lowest BCUT2D eigenvalue weighted by Gasteiger charge is -2.40. The molecule has 0 saturated carbocycles. The molecule has 6 aromatic rings. The normalized spacial score (nSPS) is 13.8. The van der Waals surface area contributed by atoms with Crippen molar-refractivity contribution in [1.29, 1.82) is 0 Å². The monoisotopic (exact) mass is 650 g/mol. The predicted octanol–water partition coefficient (Wildman–Crippen LogP) is 7.02. The van der Waals surface area contributed by atoms with Gasteiger partial charge in [-0.05, 0) is 79.2 Å². The molecule has 0 aliphatic carbocycles. The van der Waals surface area contributed by atoms with E-state index in [0.717, 1.165) is 19.5 Å². The first-order valence-corrected chi connectivity index (χ1v) is 20.3. The zero-order valence-electron chi connectivity index (χ0n) is 26.6. The minimum Gasteiger partial charge on any atom is -0.291 e. The fourth-order valence-electron chi connectivity index (χ4n) is 7.10. The van der Waals surface area contributed by atoms with E-state index < -0.39 is 14.5 Å². The summed E-state index contributed by atoms with van der Waals surface area (Å²) in [7, 11) is -4.45. The fraction of sp³-hybridized carbons (Fsp3) is 0.119. The first-order chi connectivity index (χ1) is 23.2. The van der Waals surface area contributed by atoms with Gasteiger partial charge < -0.3 is 0 Å². The van der Waals surface area contributed by atoms with Crippen LogP contribution in [0.15, 0.2) is 182 Å². The van der Waals surface area contributed by atoms with Crippen LogP contribution in [0.4, 0.5) is 4.79 Å². The van der Waals surface area contributed by atoms with Crippen LogP contribution < -0.4 is 31.8 Å². The Kier molecular flexibility index (Phi) is 9.30. The Bertz CT molecular complexity index is 1540. The molecule has 0 N–H and O–H groups in total. The van der Waals surface area contributed by atoms with Gasteiger partial charge in [-0.25, -0.2) is 4.79 Å². The lowest BCUT2D eigenvalue weighted by atomic mass is 10.3. The van der Waals surface area contributed by atoms with Gasteiger partial charge >= 0.3 is 6.03 Å². The van der Waals surface area contributed by atoms with Crippen LogP contribution in [0.25, 0.3) is 0 Å². The third-order valence-corrected chi connectivity index (χ3v) is 18.0. The maximum Gasteiger partial charge on any atom is 0.325 e. The smallest absolute Gasteiger partial charge is 0.291 e. The summed E-state index contributed by atoms with van der Waals surface area (Å²) in [6, 6.07) is 65.4. The second-order valence-electron chi connectivity index (χ2n) is 12.1. The number of hydrogen-bond donors (Lipinski definition) is 0. The zero-order chi connectivity index (χ0) is 31.9. The van der Waals surface area contributed by atoms with Crippen molar-refractivity contribution >= 4 is 52.4 Å². The Morgan fingerprint density at radius 3 is 0.787 bits per heavy atom. The van der Waals surface area contributed by atoms with Crippen molar-refractivity contribution in [1.82, 2.24) is 9.80 Å². The van der Waals surface area contributed by atoms with Gasteiger partial charge in [-0.1, -0.05) is 109 Å². The summed E-state index contributed by atoms with van der Waals surface area (Å²) in [5, 5.41) is 7.76. The Morgan fingerprint density at radius 1 is 0.362 bits per heavy atom. The molecule has 0 aromatic heterocycles. The molecule has 1 aliphatic heterocycles. The molecule has 0 unspecified atom stereocenters. The first-order valence-electron chi connectivity index (χ1n) is 16.4. The van der Waals surface area contributed by atoms with E-state index in [4.69, 9.17) is 0 Å². The molecule has 6 aromatic carbocycles. The predicted molar refractivity (Wildman–Crippen MR) is 203 cm³/mol. The number of amides is 2. The summed E-state index contributed by atoms with van der Waals surface area (Å²) in [5.41, 5.74) is 0. The van der Waals surface area contributed by atoms with E-state index in [0.29, 0.717) is 12.6 Å². The zero-order valence-corrected chi connectivity index (χ0v) is 28.3. The van der Waals surface area contributed by atoms with Crippen LogP contribution in [0.2, 0.25) is 0 Å². The highest BCUT2D eigenvalue weighted by Gasteiger charge is 2.52. The van der Waals surface area contributed by atoms with Gasteiger partial charge in [-0.15, -0.1) is 0 Å². The van der Waals surface area contributed by atoms with Gasteiger partial charge in [0, 0.05) is 13.1 Å². The molecule has 3 nitrogen and oxygen atoms in total. The largest absolute Gasteiger partial charge is 0.325 e. The third-order valence-electron chi connectivity index (χ3n) is 9.34. The topological polar surface area (TPSA) is 23.6 Å². The molecule has 5 heteroatoms. The third kappa shape index (κ3) is 6.03. The summed E-state index contributed by atoms with van der Waals surface area (Å²) in [6.07, 6.45) is 2.25. The summed E-state index contributed by atoms with van der Waals surface area (Å²) in [4.78, 5) is 19.3. The maximum atomic E-state index is 15.0. The standard InChI is InChI=1S/C42H40N2OP2/c45-42-43(34-46(36-20-7-1-8-21-36,37-22-9-2-10-23-37)38-24-11-3-12-25-38)32-19-33-44(42)35-47(39-26-13-4-14-27-39,40-28-15-5-16-29-40)41-30-17-6-18-31-41/h1-18,20-31H,19,32-35H2/q+2. The number of hydrogen-bond acceptors (Lipinski definition) is 1. The van der Waals surface area contributed by atoms with Crippen LogP contribution in [-0.2, 0) is 0 Å². The average molecular weight is 651 g/mol. The minimum atomic E-state index is -2.22. The van der Waals surface area contributed by atoms with Crippen molar-refractivity contribution in [3.05, 3.63) is 182 Å². The van der Waals surface area contributed by atoms with Gasteiger partial charge in [0.1, 0.15) is 58.9 Å². The number of rotatable bonds is 10. The number of benzene rings is 6. The van der Waals surface area contributed by atoms with Crippen molar-refractivity contribution in [2.45, 2.75) is 6.42 Å². The molecule has 0 atom stereocenters. The highest BCUT2D eigenvalue weighted by atomic mass is 31.2. The summed E-state index contributed by atoms with van der Waals surface area (Å²) < 4.78 is 0. The van der Waals surface area contributed by atoms with Gasteiger partial charge in [0.05, 0.1) is 0 Å². The van der Waals surface area contributed by atoms with E-state index in [9.17, 15) is 4.79 Å². The summed E-state index contributed by atoms with van der Waals surface area (Å²) in [5.74, 6) is 0. The van der Waals surface area contributed by atoms with Crippen LogP contribution in [-0.4, -0.2) is 41.5 Å². The van der Waals surface area contributed by atoms with Crippen molar-refractivity contribution < 1.29 is 4.79 Å². The lowest BCUT2D eigenvalue weighted by Crippen LogP contribution is -2.54. The molecule has 232 valence electrons. The number of carbonyl (C=O) groups is 1. The molecular weight excluding hydrogens is 610 g/mol. The van der Waals surface area contributed by atoms with E-state index in [1.54, 1.807) is 0 Å². The molecule has 0 radical (unpaired) electrons. The van der Waals surface area contributed by atoms with Crippen LogP contribution in [0.3, 0.4) is 0 Å². The van der Waals surface area contributed by atoms with Crippen molar-refractivity contribution in [2.75, 3.05) is 25.7 Å². The van der Waals surface area contributed by atoms with Gasteiger partial charge in [-0.3, -0.25) is 9.80 Å². The van der Waals surface area contributed by atoms with Crippen molar-refractivity contribution in [3.8, 4) is 0 Å². The van der Waals surface area contributed by atoms with Crippen LogP contribution in [0.1, 0.15) is 6.42 Å². The second kappa shape index (κ2) is 14.1. The van der Waals surface area contributed by atoms with E-state index >= 15 is 0 Å². The molecule has 47 heavy (non-hydrogen) atoms. The highest BCUT2D eigenvalue weighted by Crippen LogP contribution is 2.58. The van der Waals surface area contributed by atoms with Gasteiger partial charge in [0.2, 0.25) is 0 Å². The van der Waals surface area contributed by atoms with E-state index in [1.165, 1.54) is 31.8 Å². The molecule has 1 saturated heterocycles. The van der Waals surface area contributed by atoms with E-state index in [2.05, 4.69) is 192 Å². The van der Waals surface area contributed by atoms with Crippen LogP contribution in [0.5, 0.6) is 0 Å². The van der Waals surface area contributed by atoms with Crippen LogP contribution in [0, 0.1) is 0 Å². The van der Waals surface area contributed by atoms with Crippen molar-refractivity contribution in [2.24, 2.45) is 0 Å². The first kappa shape index (κ1) is 31.1. The van der Waals surface area contributed by atoms with Crippen LogP contribution >= 0.6 is 14.5 Å². The lowest BCUT2D eigenvalue weighted by molar-refractivity contribution is 0.147. The van der Waals surface area contributed by atoms with Gasteiger partial charge in [0.25, 0.3) is 0 Å². The number of carbonyl (C=O) groups excluding carboxylic acids is 1. The number of nitrogens with zero attached hydrogens (tertiary/aromatic N) is 2. The molecule has 0 bridgehead atoms. The molecule has 7 rings (SSSR count). The molecular formula is C42H40N2OP2+2. The fourth-order valence-corrected chi connectivity index (χ4v) is 15.5. The van der Waals surface area contributed by atoms with Gasteiger partial charge in [-0.2, -0.15) is 0 Å². The highest BCUT2D eigenvalue weighted by molar-refractivity contribution is 7.96. The quantitative estimate of drug-likeness (QED) is 0.146. The van der Waals surface area contributed by atoms with Gasteiger partial charge in [0.15, 0.2) is 0 Å². The molecule has 1 aliphatic rings. The molecule has 2 amide bonds. The second-order valence-corrected chi connectivity index (χ2v) is 19.0. The average Bonchev–Trinajstić information content (AvgIpc) is 3.16. The SMILES string of the molecule is O=C1N(C[P+](c2ccccc2)(c2ccccc2)c2ccccc2)CCCN1C[P+](c1ccccc1)(c1ccccc1)c1ccccc1. The minimum absolute atomic E-state index is 0.135. The van der Waals surface area contributed by atoms with E-state index in [1.807, 2.05) is 0 Å². The van der Waals surface area contributed by atoms with Crippen molar-refractivity contribution in [3.63, 3.8) is 0 Å². The Hall–Kier alpha value is -4.55. The Morgan fingerprint density at radius 2 is 0.574 bits per heavy atom. The molecule has 1 fully saturated rings. The Balaban J connectivity index is 1.33. The van der Waals surface area contributed by atoms with E-state index in [-0.39, 0.29) is 6.03 Å². The summed E-state index contributed by atoms with van der Waals surface area (Å²) >= 11 is 0.